The van der Waals surface area contributed by atoms with E-state index in [1.165, 1.54) is 11.3 Å². The quantitative estimate of drug-likeness (QED) is 0.764. The molecule has 3 aromatic rings. The minimum Gasteiger partial charge on any atom is -0.355 e. The van der Waals surface area contributed by atoms with E-state index < -0.39 is 23.0 Å². The predicted molar refractivity (Wildman–Crippen MR) is 85.7 cm³/mol. The van der Waals surface area contributed by atoms with Gasteiger partial charge >= 0.3 is 0 Å². The predicted octanol–water partition coefficient (Wildman–Crippen LogP) is 4.35. The van der Waals surface area contributed by atoms with Crippen molar-refractivity contribution in [1.82, 2.24) is 5.16 Å². The number of thiophene rings is 1. The van der Waals surface area contributed by atoms with Crippen LogP contribution in [0.4, 0.5) is 14.5 Å². The van der Waals surface area contributed by atoms with Gasteiger partial charge in [-0.05, 0) is 36.4 Å². The van der Waals surface area contributed by atoms with Crippen LogP contribution in [0, 0.1) is 11.6 Å². The van der Waals surface area contributed by atoms with E-state index in [9.17, 15) is 13.6 Å². The molecule has 0 atom stereocenters. The van der Waals surface area contributed by atoms with Crippen LogP contribution < -0.4 is 5.32 Å². The number of halogens is 2. The van der Waals surface area contributed by atoms with E-state index in [1.807, 2.05) is 17.5 Å². The number of hydrogen-bond acceptors (Lipinski definition) is 4. The lowest BCUT2D eigenvalue weighted by molar-refractivity contribution is -0.118. The van der Waals surface area contributed by atoms with Gasteiger partial charge in [0.25, 0.3) is 0 Å². The van der Waals surface area contributed by atoms with Crippen molar-refractivity contribution in [3.05, 3.63) is 59.1 Å². The highest BCUT2D eigenvalue weighted by Gasteiger charge is 2.54. The molecule has 1 N–H and O–H groups in total. The van der Waals surface area contributed by atoms with Crippen LogP contribution in [0.1, 0.15) is 18.5 Å². The molecule has 1 saturated carbocycles. The molecule has 0 bridgehead atoms. The van der Waals surface area contributed by atoms with Crippen LogP contribution in [0.3, 0.4) is 0 Å². The average Bonchev–Trinajstić information content (AvgIpc) is 3.00. The Balaban J connectivity index is 1.59. The summed E-state index contributed by atoms with van der Waals surface area (Å²) in [6.45, 7) is 0. The molecule has 0 radical (unpaired) electrons. The van der Waals surface area contributed by atoms with Gasteiger partial charge in [0.15, 0.2) is 5.76 Å². The fourth-order valence-electron chi connectivity index (χ4n) is 2.60. The lowest BCUT2D eigenvalue weighted by atomic mass is 10.0. The first kappa shape index (κ1) is 15.0. The Morgan fingerprint density at radius 2 is 2.08 bits per heavy atom. The summed E-state index contributed by atoms with van der Waals surface area (Å²) in [5, 5.41) is 8.40. The van der Waals surface area contributed by atoms with E-state index in [0.29, 0.717) is 24.3 Å². The van der Waals surface area contributed by atoms with Gasteiger partial charge in [-0.1, -0.05) is 11.2 Å². The fourth-order valence-corrected chi connectivity index (χ4v) is 3.27. The third-order valence-electron chi connectivity index (χ3n) is 4.13. The standard InChI is InChI=1S/C17H12F2N2O2S/c18-10-3-4-11(19)12(8-10)20-16(22)17(5-6-17)15-9-13(23-21-15)14-2-1-7-24-14/h1-4,7-9H,5-6H2,(H,20,22). The first-order valence-corrected chi connectivity index (χ1v) is 8.24. The molecule has 1 amide bonds. The summed E-state index contributed by atoms with van der Waals surface area (Å²) in [6.07, 6.45) is 1.18. The molecule has 1 aromatic carbocycles. The minimum absolute atomic E-state index is 0.173. The van der Waals surface area contributed by atoms with Crippen LogP contribution in [0.25, 0.3) is 10.6 Å². The smallest absolute Gasteiger partial charge is 0.236 e. The summed E-state index contributed by atoms with van der Waals surface area (Å²) in [5.74, 6) is -1.10. The number of rotatable bonds is 4. The molecule has 2 heterocycles. The van der Waals surface area contributed by atoms with Crippen LogP contribution in [0.2, 0.25) is 0 Å². The number of anilines is 1. The summed E-state index contributed by atoms with van der Waals surface area (Å²) < 4.78 is 32.3. The topological polar surface area (TPSA) is 55.1 Å². The Hall–Kier alpha value is -2.54. The number of carbonyl (C=O) groups excluding carboxylic acids is 1. The van der Waals surface area contributed by atoms with Gasteiger partial charge in [0.05, 0.1) is 21.7 Å². The molecular formula is C17H12F2N2O2S. The van der Waals surface area contributed by atoms with E-state index in [2.05, 4.69) is 10.5 Å². The Morgan fingerprint density at radius 3 is 2.79 bits per heavy atom. The van der Waals surface area contributed by atoms with Gasteiger partial charge in [-0.15, -0.1) is 11.3 Å². The van der Waals surface area contributed by atoms with Crippen molar-refractivity contribution in [2.75, 3.05) is 5.32 Å². The van der Waals surface area contributed by atoms with Crippen molar-refractivity contribution in [2.45, 2.75) is 18.3 Å². The van der Waals surface area contributed by atoms with Crippen LogP contribution in [-0.2, 0) is 10.2 Å². The van der Waals surface area contributed by atoms with Gasteiger partial charge in [-0.3, -0.25) is 4.79 Å². The third kappa shape index (κ3) is 2.50. The largest absolute Gasteiger partial charge is 0.355 e. The average molecular weight is 346 g/mol. The van der Waals surface area contributed by atoms with Gasteiger partial charge in [-0.2, -0.15) is 0 Å². The van der Waals surface area contributed by atoms with Crippen LogP contribution in [0.5, 0.6) is 0 Å². The molecule has 1 aliphatic rings. The third-order valence-corrected chi connectivity index (χ3v) is 5.01. The number of carbonyl (C=O) groups is 1. The maximum absolute atomic E-state index is 13.7. The molecule has 1 fully saturated rings. The summed E-state index contributed by atoms with van der Waals surface area (Å²) >= 11 is 1.51. The summed E-state index contributed by atoms with van der Waals surface area (Å²) in [7, 11) is 0. The Bertz CT molecular complexity index is 901. The van der Waals surface area contributed by atoms with Crippen molar-refractivity contribution in [3.63, 3.8) is 0 Å². The molecule has 4 rings (SSSR count). The van der Waals surface area contributed by atoms with Crippen molar-refractivity contribution in [3.8, 4) is 10.6 Å². The number of benzene rings is 1. The lowest BCUT2D eigenvalue weighted by Crippen LogP contribution is -2.28. The Kier molecular flexibility index (Phi) is 3.45. The second-order valence-electron chi connectivity index (χ2n) is 5.71. The highest BCUT2D eigenvalue weighted by Crippen LogP contribution is 2.49. The van der Waals surface area contributed by atoms with Gasteiger partial charge in [-0.25, -0.2) is 8.78 Å². The first-order valence-electron chi connectivity index (χ1n) is 7.36. The number of nitrogens with one attached hydrogen (secondary N) is 1. The highest BCUT2D eigenvalue weighted by atomic mass is 32.1. The molecule has 0 unspecified atom stereocenters. The molecule has 4 nitrogen and oxygen atoms in total. The Morgan fingerprint density at radius 1 is 1.25 bits per heavy atom. The van der Waals surface area contributed by atoms with E-state index >= 15 is 0 Å². The molecule has 0 saturated heterocycles. The molecular weight excluding hydrogens is 334 g/mol. The maximum atomic E-state index is 13.7. The van der Waals surface area contributed by atoms with Gasteiger partial charge in [0, 0.05) is 12.1 Å². The molecule has 1 aliphatic carbocycles. The zero-order valence-electron chi connectivity index (χ0n) is 12.4. The van der Waals surface area contributed by atoms with E-state index in [-0.39, 0.29) is 5.69 Å². The minimum atomic E-state index is -0.836. The zero-order valence-corrected chi connectivity index (χ0v) is 13.2. The number of amides is 1. The van der Waals surface area contributed by atoms with Crippen molar-refractivity contribution in [2.24, 2.45) is 0 Å². The van der Waals surface area contributed by atoms with E-state index in [4.69, 9.17) is 4.52 Å². The van der Waals surface area contributed by atoms with Crippen LogP contribution >= 0.6 is 11.3 Å². The molecule has 122 valence electrons. The molecule has 24 heavy (non-hydrogen) atoms. The molecule has 7 heteroatoms. The SMILES string of the molecule is O=C(Nc1cc(F)ccc1F)C1(c2cc(-c3cccs3)on2)CC1. The molecule has 0 aliphatic heterocycles. The Labute approximate surface area is 140 Å². The van der Waals surface area contributed by atoms with E-state index in [1.54, 1.807) is 6.07 Å². The summed E-state index contributed by atoms with van der Waals surface area (Å²) in [6, 6.07) is 8.48. The first-order chi connectivity index (χ1) is 11.6. The summed E-state index contributed by atoms with van der Waals surface area (Å²) in [5.41, 5.74) is -0.494. The monoisotopic (exact) mass is 346 g/mol. The van der Waals surface area contributed by atoms with Crippen molar-refractivity contribution >= 4 is 22.9 Å². The maximum Gasteiger partial charge on any atom is 0.236 e. The lowest BCUT2D eigenvalue weighted by Gasteiger charge is -2.13. The number of hydrogen-bond donors (Lipinski definition) is 1. The van der Waals surface area contributed by atoms with E-state index in [0.717, 1.165) is 23.1 Å². The summed E-state index contributed by atoms with van der Waals surface area (Å²) in [4.78, 5) is 13.5. The normalized spacial score (nSPS) is 15.2. The number of nitrogens with zero attached hydrogens (tertiary/aromatic N) is 1. The highest BCUT2D eigenvalue weighted by molar-refractivity contribution is 7.13. The molecule has 2 aromatic heterocycles. The van der Waals surface area contributed by atoms with Crippen LogP contribution in [-0.4, -0.2) is 11.1 Å². The van der Waals surface area contributed by atoms with Gasteiger partial charge < -0.3 is 9.84 Å². The number of aromatic nitrogens is 1. The van der Waals surface area contributed by atoms with Crippen LogP contribution in [0.15, 0.2) is 46.3 Å². The fraction of sp³-hybridized carbons (Fsp3) is 0.176. The second-order valence-corrected chi connectivity index (χ2v) is 6.66. The zero-order chi connectivity index (χ0) is 16.7. The second kappa shape index (κ2) is 5.52. The van der Waals surface area contributed by atoms with Crippen molar-refractivity contribution in [1.29, 1.82) is 0 Å². The van der Waals surface area contributed by atoms with Crippen molar-refractivity contribution < 1.29 is 18.1 Å². The molecule has 0 spiro atoms. The van der Waals surface area contributed by atoms with Gasteiger partial charge in [0.1, 0.15) is 11.6 Å². The van der Waals surface area contributed by atoms with Gasteiger partial charge in [0.2, 0.25) is 5.91 Å².